The Labute approximate surface area is 102 Å². The van der Waals surface area contributed by atoms with Gasteiger partial charge in [0.1, 0.15) is 0 Å². The molecular formula is C13H21N3O. The van der Waals surface area contributed by atoms with Crippen LogP contribution in [0.4, 0.5) is 0 Å². The Hall–Kier alpha value is -0.900. The van der Waals surface area contributed by atoms with Gasteiger partial charge in [0.15, 0.2) is 5.82 Å². The third-order valence-corrected chi connectivity index (χ3v) is 3.98. The van der Waals surface area contributed by atoms with E-state index in [2.05, 4.69) is 29.3 Å². The zero-order valence-corrected chi connectivity index (χ0v) is 10.6. The van der Waals surface area contributed by atoms with Crippen molar-refractivity contribution in [3.63, 3.8) is 0 Å². The van der Waals surface area contributed by atoms with Crippen LogP contribution in [0, 0.1) is 11.8 Å². The molecule has 0 aliphatic heterocycles. The molecule has 3 atom stereocenters. The standard InChI is InChI=1S/C13H21N3O/c1-3-14-11(9-4-5-9)7-12-15-13(16-17-12)10-6-8(10)2/h8-11,14H,3-7H2,1-2H3. The molecule has 1 aromatic rings. The quantitative estimate of drug-likeness (QED) is 0.820. The minimum Gasteiger partial charge on any atom is -0.339 e. The SMILES string of the molecule is CCNC(Cc1nc(C2CC2C)no1)C1CC1. The fraction of sp³-hybridized carbons (Fsp3) is 0.846. The van der Waals surface area contributed by atoms with Crippen molar-refractivity contribution in [1.82, 2.24) is 15.5 Å². The molecule has 0 bridgehead atoms. The second kappa shape index (κ2) is 4.41. The lowest BCUT2D eigenvalue weighted by molar-refractivity contribution is 0.344. The first kappa shape index (κ1) is 11.2. The summed E-state index contributed by atoms with van der Waals surface area (Å²) in [5.74, 6) is 3.88. The average molecular weight is 235 g/mol. The highest BCUT2D eigenvalue weighted by molar-refractivity contribution is 5.08. The fourth-order valence-corrected chi connectivity index (χ4v) is 2.54. The Morgan fingerprint density at radius 1 is 1.47 bits per heavy atom. The van der Waals surface area contributed by atoms with Gasteiger partial charge in [-0.3, -0.25) is 0 Å². The van der Waals surface area contributed by atoms with Crippen LogP contribution in [0.5, 0.6) is 0 Å². The first-order chi connectivity index (χ1) is 8.28. The van der Waals surface area contributed by atoms with E-state index >= 15 is 0 Å². The van der Waals surface area contributed by atoms with Crippen molar-refractivity contribution >= 4 is 0 Å². The summed E-state index contributed by atoms with van der Waals surface area (Å²) < 4.78 is 5.37. The van der Waals surface area contributed by atoms with Crippen molar-refractivity contribution in [3.05, 3.63) is 11.7 Å². The van der Waals surface area contributed by atoms with Crippen LogP contribution in [0.25, 0.3) is 0 Å². The smallest absolute Gasteiger partial charge is 0.228 e. The van der Waals surface area contributed by atoms with Crippen molar-refractivity contribution in [3.8, 4) is 0 Å². The summed E-state index contributed by atoms with van der Waals surface area (Å²) in [7, 11) is 0. The van der Waals surface area contributed by atoms with E-state index in [1.165, 1.54) is 19.3 Å². The number of nitrogens with zero attached hydrogens (tertiary/aromatic N) is 2. The van der Waals surface area contributed by atoms with E-state index < -0.39 is 0 Å². The van der Waals surface area contributed by atoms with Crippen LogP contribution in [-0.4, -0.2) is 22.7 Å². The normalized spacial score (nSPS) is 29.3. The van der Waals surface area contributed by atoms with E-state index in [1.807, 2.05) is 0 Å². The predicted molar refractivity (Wildman–Crippen MR) is 64.7 cm³/mol. The summed E-state index contributed by atoms with van der Waals surface area (Å²) in [5.41, 5.74) is 0. The highest BCUT2D eigenvalue weighted by Crippen LogP contribution is 2.45. The molecule has 0 radical (unpaired) electrons. The van der Waals surface area contributed by atoms with Gasteiger partial charge >= 0.3 is 0 Å². The van der Waals surface area contributed by atoms with Gasteiger partial charge in [0.05, 0.1) is 0 Å². The van der Waals surface area contributed by atoms with E-state index in [-0.39, 0.29) is 0 Å². The summed E-state index contributed by atoms with van der Waals surface area (Å²) in [4.78, 5) is 4.54. The molecule has 0 aromatic carbocycles. The molecule has 2 aliphatic rings. The summed E-state index contributed by atoms with van der Waals surface area (Å²) in [6.45, 7) is 5.41. The molecule has 0 saturated heterocycles. The van der Waals surface area contributed by atoms with Crippen LogP contribution < -0.4 is 5.32 Å². The van der Waals surface area contributed by atoms with Crippen molar-refractivity contribution in [2.75, 3.05) is 6.54 Å². The third-order valence-electron chi connectivity index (χ3n) is 3.98. The topological polar surface area (TPSA) is 51.0 Å². The lowest BCUT2D eigenvalue weighted by atomic mass is 10.1. The lowest BCUT2D eigenvalue weighted by Crippen LogP contribution is -2.33. The van der Waals surface area contributed by atoms with E-state index in [9.17, 15) is 0 Å². The van der Waals surface area contributed by atoms with Crippen LogP contribution in [-0.2, 0) is 6.42 Å². The molecule has 4 nitrogen and oxygen atoms in total. The van der Waals surface area contributed by atoms with Gasteiger partial charge in [-0.15, -0.1) is 0 Å². The molecular weight excluding hydrogens is 214 g/mol. The zero-order valence-electron chi connectivity index (χ0n) is 10.6. The molecule has 2 fully saturated rings. The number of likely N-dealkylation sites (N-methyl/N-ethyl adjacent to an activating group) is 1. The highest BCUT2D eigenvalue weighted by Gasteiger charge is 2.38. The first-order valence-electron chi connectivity index (χ1n) is 6.83. The Morgan fingerprint density at radius 2 is 2.24 bits per heavy atom. The largest absolute Gasteiger partial charge is 0.339 e. The van der Waals surface area contributed by atoms with Gasteiger partial charge in [-0.2, -0.15) is 4.98 Å². The van der Waals surface area contributed by atoms with Crippen LogP contribution in [0.3, 0.4) is 0 Å². The molecule has 3 rings (SSSR count). The van der Waals surface area contributed by atoms with Gasteiger partial charge < -0.3 is 9.84 Å². The minimum absolute atomic E-state index is 0.532. The Bertz CT molecular complexity index is 386. The van der Waals surface area contributed by atoms with Crippen LogP contribution in [0.15, 0.2) is 4.52 Å². The molecule has 2 aliphatic carbocycles. The molecule has 0 spiro atoms. The van der Waals surface area contributed by atoms with Crippen molar-refractivity contribution < 1.29 is 4.52 Å². The molecule has 94 valence electrons. The number of nitrogens with one attached hydrogen (secondary N) is 1. The molecule has 2 saturated carbocycles. The van der Waals surface area contributed by atoms with Crippen LogP contribution in [0.2, 0.25) is 0 Å². The summed E-state index contributed by atoms with van der Waals surface area (Å²) in [6, 6.07) is 0.532. The average Bonchev–Trinajstić information content (AvgIpc) is 3.21. The van der Waals surface area contributed by atoms with Crippen molar-refractivity contribution in [2.45, 2.75) is 51.5 Å². The molecule has 3 unspecified atom stereocenters. The van der Waals surface area contributed by atoms with Gasteiger partial charge in [0.2, 0.25) is 5.89 Å². The lowest BCUT2D eigenvalue weighted by Gasteiger charge is -2.14. The van der Waals surface area contributed by atoms with Crippen molar-refractivity contribution in [2.24, 2.45) is 11.8 Å². The second-order valence-corrected chi connectivity index (χ2v) is 5.57. The number of rotatable bonds is 6. The maximum absolute atomic E-state index is 5.37. The van der Waals surface area contributed by atoms with Gasteiger partial charge in [0, 0.05) is 18.4 Å². The van der Waals surface area contributed by atoms with Gasteiger partial charge in [-0.1, -0.05) is 19.0 Å². The summed E-state index contributed by atoms with van der Waals surface area (Å²) >= 11 is 0. The number of hydrogen-bond donors (Lipinski definition) is 1. The Balaban J connectivity index is 1.61. The molecule has 4 heteroatoms. The Morgan fingerprint density at radius 3 is 2.82 bits per heavy atom. The molecule has 1 heterocycles. The maximum atomic E-state index is 5.37. The predicted octanol–water partition coefficient (Wildman–Crippen LogP) is 2.12. The first-order valence-corrected chi connectivity index (χ1v) is 6.83. The Kier molecular flexibility index (Phi) is 2.90. The second-order valence-electron chi connectivity index (χ2n) is 5.57. The zero-order chi connectivity index (χ0) is 11.8. The van der Waals surface area contributed by atoms with Gasteiger partial charge in [-0.25, -0.2) is 0 Å². The van der Waals surface area contributed by atoms with E-state index in [0.717, 1.165) is 36.5 Å². The van der Waals surface area contributed by atoms with Crippen LogP contribution in [0.1, 0.15) is 50.7 Å². The van der Waals surface area contributed by atoms with Crippen LogP contribution >= 0.6 is 0 Å². The summed E-state index contributed by atoms with van der Waals surface area (Å²) in [6.07, 6.45) is 4.81. The third kappa shape index (κ3) is 2.51. The maximum Gasteiger partial charge on any atom is 0.228 e. The monoisotopic (exact) mass is 235 g/mol. The van der Waals surface area contributed by atoms with Crippen molar-refractivity contribution in [1.29, 1.82) is 0 Å². The van der Waals surface area contributed by atoms with Gasteiger partial charge in [-0.05, 0) is 37.6 Å². The molecule has 1 aromatic heterocycles. The highest BCUT2D eigenvalue weighted by atomic mass is 16.5. The van der Waals surface area contributed by atoms with E-state index in [4.69, 9.17) is 4.52 Å². The molecule has 1 N–H and O–H groups in total. The fourth-order valence-electron chi connectivity index (χ4n) is 2.54. The number of aromatic nitrogens is 2. The minimum atomic E-state index is 0.532. The van der Waals surface area contributed by atoms with E-state index in [0.29, 0.717) is 12.0 Å². The van der Waals surface area contributed by atoms with Gasteiger partial charge in [0.25, 0.3) is 0 Å². The van der Waals surface area contributed by atoms with E-state index in [1.54, 1.807) is 0 Å². The number of hydrogen-bond acceptors (Lipinski definition) is 4. The molecule has 0 amide bonds. The molecule has 17 heavy (non-hydrogen) atoms. The summed E-state index contributed by atoms with van der Waals surface area (Å²) in [5, 5.41) is 7.64.